The van der Waals surface area contributed by atoms with E-state index >= 15 is 0 Å². The third-order valence-corrected chi connectivity index (χ3v) is 6.36. The standard InChI is InChI=1S/C23H27FN6O/c1-15-19(12-26-30(15)18-8-6-17(24)7-9-18)27-22(31)29-14-23(2,3)20(29)21-25-10-11-28(21)13-16-4-5-16/h6-12,16,20H,4-5,13-14H2,1-3H3,(H,27,31). The van der Waals surface area contributed by atoms with Crippen LogP contribution >= 0.6 is 0 Å². The second-order valence-electron chi connectivity index (χ2n) is 9.36. The molecule has 7 nitrogen and oxygen atoms in total. The zero-order valence-electron chi connectivity index (χ0n) is 18.0. The van der Waals surface area contributed by atoms with Crippen LogP contribution in [0.5, 0.6) is 0 Å². The van der Waals surface area contributed by atoms with Gasteiger partial charge in [0.15, 0.2) is 0 Å². The van der Waals surface area contributed by atoms with Gasteiger partial charge in [-0.2, -0.15) is 5.10 Å². The Hall–Kier alpha value is -3.16. The molecular formula is C23H27FN6O. The Kier molecular flexibility index (Phi) is 4.60. The number of halogens is 1. The lowest BCUT2D eigenvalue weighted by Gasteiger charge is -2.53. The smallest absolute Gasteiger partial charge is 0.322 e. The molecular weight excluding hydrogens is 395 g/mol. The number of carbonyl (C=O) groups excluding carboxylic acids is 1. The summed E-state index contributed by atoms with van der Waals surface area (Å²) in [4.78, 5) is 19.6. The van der Waals surface area contributed by atoms with Crippen molar-refractivity contribution >= 4 is 11.7 Å². The molecule has 31 heavy (non-hydrogen) atoms. The zero-order chi connectivity index (χ0) is 21.8. The van der Waals surface area contributed by atoms with Crippen molar-refractivity contribution in [2.45, 2.75) is 46.2 Å². The van der Waals surface area contributed by atoms with E-state index in [0.29, 0.717) is 12.2 Å². The molecule has 3 aromatic rings. The van der Waals surface area contributed by atoms with E-state index in [9.17, 15) is 9.18 Å². The van der Waals surface area contributed by atoms with Gasteiger partial charge in [0, 0.05) is 30.9 Å². The van der Waals surface area contributed by atoms with Crippen LogP contribution in [0.1, 0.15) is 44.2 Å². The van der Waals surface area contributed by atoms with Crippen molar-refractivity contribution < 1.29 is 9.18 Å². The van der Waals surface area contributed by atoms with Gasteiger partial charge >= 0.3 is 6.03 Å². The Balaban J connectivity index is 1.35. The van der Waals surface area contributed by atoms with Gasteiger partial charge in [-0.15, -0.1) is 0 Å². The molecule has 1 unspecified atom stereocenters. The highest BCUT2D eigenvalue weighted by Gasteiger charge is 2.51. The van der Waals surface area contributed by atoms with Crippen LogP contribution in [-0.4, -0.2) is 36.8 Å². The summed E-state index contributed by atoms with van der Waals surface area (Å²) < 4.78 is 17.1. The molecule has 5 rings (SSSR count). The predicted molar refractivity (Wildman–Crippen MR) is 115 cm³/mol. The number of likely N-dealkylation sites (tertiary alicyclic amines) is 1. The van der Waals surface area contributed by atoms with Crippen molar-refractivity contribution in [3.63, 3.8) is 0 Å². The summed E-state index contributed by atoms with van der Waals surface area (Å²) in [5.74, 6) is 1.39. The number of nitrogens with one attached hydrogen (secondary N) is 1. The summed E-state index contributed by atoms with van der Waals surface area (Å²) in [7, 11) is 0. The minimum absolute atomic E-state index is 0.0443. The summed E-state index contributed by atoms with van der Waals surface area (Å²) in [6.45, 7) is 7.86. The summed E-state index contributed by atoms with van der Waals surface area (Å²) in [6.07, 6.45) is 8.03. The van der Waals surface area contributed by atoms with Crippen LogP contribution in [0.15, 0.2) is 42.9 Å². The number of carbonyl (C=O) groups is 1. The first-order valence-corrected chi connectivity index (χ1v) is 10.7. The van der Waals surface area contributed by atoms with Crippen molar-refractivity contribution in [3.8, 4) is 5.69 Å². The van der Waals surface area contributed by atoms with E-state index in [1.54, 1.807) is 23.0 Å². The zero-order valence-corrected chi connectivity index (χ0v) is 18.0. The van der Waals surface area contributed by atoms with Gasteiger partial charge < -0.3 is 14.8 Å². The number of benzene rings is 1. The normalized spacial score (nSPS) is 19.9. The van der Waals surface area contributed by atoms with Crippen LogP contribution in [-0.2, 0) is 6.54 Å². The van der Waals surface area contributed by atoms with Crippen LogP contribution in [0, 0.1) is 24.1 Å². The molecule has 2 fully saturated rings. The molecule has 8 heteroatoms. The number of aromatic nitrogens is 4. The summed E-state index contributed by atoms with van der Waals surface area (Å²) >= 11 is 0. The second kappa shape index (κ2) is 7.21. The first-order valence-electron chi connectivity index (χ1n) is 10.7. The minimum atomic E-state index is -0.298. The fourth-order valence-electron chi connectivity index (χ4n) is 4.47. The molecule has 162 valence electrons. The van der Waals surface area contributed by atoms with Crippen molar-refractivity contribution in [3.05, 3.63) is 60.2 Å². The van der Waals surface area contributed by atoms with Gasteiger partial charge in [0.25, 0.3) is 0 Å². The number of nitrogens with zero attached hydrogens (tertiary/aromatic N) is 5. The predicted octanol–water partition coefficient (Wildman–Crippen LogP) is 4.54. The van der Waals surface area contributed by atoms with Gasteiger partial charge in [-0.05, 0) is 49.9 Å². The van der Waals surface area contributed by atoms with Crippen molar-refractivity contribution in [1.29, 1.82) is 0 Å². The second-order valence-corrected chi connectivity index (χ2v) is 9.36. The number of urea groups is 1. The number of rotatable bonds is 5. The highest BCUT2D eigenvalue weighted by molar-refractivity contribution is 5.90. The first-order chi connectivity index (χ1) is 14.8. The lowest BCUT2D eigenvalue weighted by molar-refractivity contribution is -0.0188. The maximum Gasteiger partial charge on any atom is 0.322 e. The Labute approximate surface area is 180 Å². The monoisotopic (exact) mass is 422 g/mol. The van der Waals surface area contributed by atoms with Crippen LogP contribution < -0.4 is 5.32 Å². The molecule has 1 aliphatic carbocycles. The number of hydrogen-bond acceptors (Lipinski definition) is 3. The average Bonchev–Trinajstić information content (AvgIpc) is 3.33. The third kappa shape index (κ3) is 3.60. The summed E-state index contributed by atoms with van der Waals surface area (Å²) in [5.41, 5.74) is 2.12. The lowest BCUT2D eigenvalue weighted by atomic mass is 9.74. The number of hydrogen-bond donors (Lipinski definition) is 1. The van der Waals surface area contributed by atoms with Crippen LogP contribution in [0.25, 0.3) is 5.69 Å². The average molecular weight is 423 g/mol. The van der Waals surface area contributed by atoms with E-state index in [4.69, 9.17) is 0 Å². The van der Waals surface area contributed by atoms with E-state index in [-0.39, 0.29) is 23.3 Å². The van der Waals surface area contributed by atoms with Gasteiger partial charge in [0.1, 0.15) is 11.6 Å². The summed E-state index contributed by atoms with van der Waals surface area (Å²) in [5, 5.41) is 7.38. The Morgan fingerprint density at radius 3 is 2.68 bits per heavy atom. The summed E-state index contributed by atoms with van der Waals surface area (Å²) in [6, 6.07) is 5.88. The molecule has 2 aliphatic rings. The van der Waals surface area contributed by atoms with Gasteiger partial charge in [-0.25, -0.2) is 18.9 Å². The molecule has 1 saturated carbocycles. The van der Waals surface area contributed by atoms with Crippen molar-refractivity contribution in [2.75, 3.05) is 11.9 Å². The quantitative estimate of drug-likeness (QED) is 0.656. The fourth-order valence-corrected chi connectivity index (χ4v) is 4.47. The van der Waals surface area contributed by atoms with Crippen molar-refractivity contribution in [2.24, 2.45) is 11.3 Å². The molecule has 0 bridgehead atoms. The molecule has 2 aromatic heterocycles. The molecule has 1 N–H and O–H groups in total. The largest absolute Gasteiger partial charge is 0.333 e. The highest BCUT2D eigenvalue weighted by Crippen LogP contribution is 2.48. The van der Waals surface area contributed by atoms with E-state index in [1.807, 2.05) is 24.2 Å². The van der Waals surface area contributed by atoms with Crippen LogP contribution in [0.4, 0.5) is 14.9 Å². The van der Waals surface area contributed by atoms with Crippen molar-refractivity contribution in [1.82, 2.24) is 24.2 Å². The Bertz CT molecular complexity index is 1110. The van der Waals surface area contributed by atoms with E-state index in [2.05, 4.69) is 33.8 Å². The maximum atomic E-state index is 13.2. The van der Waals surface area contributed by atoms with Gasteiger partial charge in [-0.1, -0.05) is 13.8 Å². The Morgan fingerprint density at radius 1 is 1.26 bits per heavy atom. The van der Waals surface area contributed by atoms with E-state index < -0.39 is 0 Å². The van der Waals surface area contributed by atoms with Crippen LogP contribution in [0.2, 0.25) is 0 Å². The molecule has 1 aromatic carbocycles. The number of amides is 2. The maximum absolute atomic E-state index is 13.2. The molecule has 1 aliphatic heterocycles. The molecule has 1 saturated heterocycles. The first kappa shape index (κ1) is 19.8. The highest BCUT2D eigenvalue weighted by atomic mass is 19.1. The molecule has 0 spiro atoms. The Morgan fingerprint density at radius 2 is 2.00 bits per heavy atom. The fraction of sp³-hybridized carbons (Fsp3) is 0.435. The number of imidazole rings is 1. The molecule has 1 atom stereocenters. The minimum Gasteiger partial charge on any atom is -0.333 e. The van der Waals surface area contributed by atoms with Gasteiger partial charge in [-0.3, -0.25) is 0 Å². The van der Waals surface area contributed by atoms with E-state index in [0.717, 1.165) is 29.7 Å². The molecule has 3 heterocycles. The van der Waals surface area contributed by atoms with Gasteiger partial charge in [0.05, 0.1) is 29.3 Å². The third-order valence-electron chi connectivity index (χ3n) is 6.36. The number of anilines is 1. The lowest BCUT2D eigenvalue weighted by Crippen LogP contribution is -2.59. The SMILES string of the molecule is Cc1c(NC(=O)N2CC(C)(C)C2c2nccn2CC2CC2)cnn1-c1ccc(F)cc1. The molecule has 0 radical (unpaired) electrons. The van der Waals surface area contributed by atoms with E-state index in [1.165, 1.54) is 25.0 Å². The van der Waals surface area contributed by atoms with Crippen LogP contribution in [0.3, 0.4) is 0 Å². The molecule has 2 amide bonds. The topological polar surface area (TPSA) is 68.0 Å². The van der Waals surface area contributed by atoms with Gasteiger partial charge in [0.2, 0.25) is 0 Å².